The van der Waals surface area contributed by atoms with Crippen molar-refractivity contribution in [1.82, 2.24) is 30.3 Å². The van der Waals surface area contributed by atoms with Crippen molar-refractivity contribution in [2.24, 2.45) is 12.0 Å². The summed E-state index contributed by atoms with van der Waals surface area (Å²) in [6.07, 6.45) is 8.97. The molecular formula is C22H41N7O2. The Morgan fingerprint density at radius 1 is 1.10 bits per heavy atom. The molecule has 1 saturated carbocycles. The number of nitrogens with zero attached hydrogens (tertiary/aromatic N) is 5. The lowest BCUT2D eigenvalue weighted by atomic mass is 9.98. The van der Waals surface area contributed by atoms with Crippen LogP contribution in [0.25, 0.3) is 0 Å². The first-order valence-corrected chi connectivity index (χ1v) is 12.0. The Bertz CT molecular complexity index is 652. The van der Waals surface area contributed by atoms with Crippen LogP contribution in [0.2, 0.25) is 0 Å². The number of aliphatic imine (C=N–C) groups is 1. The van der Waals surface area contributed by atoms with E-state index in [1.54, 1.807) is 0 Å². The molecule has 9 heteroatoms. The Morgan fingerprint density at radius 3 is 2.55 bits per heavy atom. The number of nitrogens with one attached hydrogen (secondary N) is 2. The van der Waals surface area contributed by atoms with Crippen LogP contribution < -0.4 is 10.6 Å². The monoisotopic (exact) mass is 435 g/mol. The van der Waals surface area contributed by atoms with Crippen molar-refractivity contribution >= 4 is 5.96 Å². The molecule has 0 unspecified atom stereocenters. The Morgan fingerprint density at radius 2 is 1.84 bits per heavy atom. The fraction of sp³-hybridized carbons (Fsp3) is 0.864. The van der Waals surface area contributed by atoms with E-state index in [0.717, 1.165) is 83.0 Å². The van der Waals surface area contributed by atoms with Crippen LogP contribution in [0.3, 0.4) is 0 Å². The Hall–Kier alpha value is -1.71. The lowest BCUT2D eigenvalue weighted by Crippen LogP contribution is -2.41. The molecule has 0 atom stereocenters. The number of aryl methyl sites for hydroxylation is 1. The van der Waals surface area contributed by atoms with Crippen molar-refractivity contribution in [2.75, 3.05) is 52.5 Å². The normalized spacial score (nSPS) is 19.0. The van der Waals surface area contributed by atoms with Gasteiger partial charge in [0.25, 0.3) is 0 Å². The molecule has 1 aromatic heterocycles. The van der Waals surface area contributed by atoms with Gasteiger partial charge in [-0.15, -0.1) is 10.2 Å². The first-order chi connectivity index (χ1) is 15.2. The number of hydrogen-bond acceptors (Lipinski definition) is 6. The molecule has 0 bridgehead atoms. The summed E-state index contributed by atoms with van der Waals surface area (Å²) in [4.78, 5) is 7.20. The molecule has 31 heavy (non-hydrogen) atoms. The van der Waals surface area contributed by atoms with E-state index in [-0.39, 0.29) is 0 Å². The molecule has 1 saturated heterocycles. The molecule has 0 amide bonds. The first kappa shape index (κ1) is 23.9. The van der Waals surface area contributed by atoms with Crippen molar-refractivity contribution in [3.05, 3.63) is 11.6 Å². The van der Waals surface area contributed by atoms with Crippen molar-refractivity contribution in [2.45, 2.75) is 64.5 Å². The largest absolute Gasteiger partial charge is 0.379 e. The molecule has 2 N–H and O–H groups in total. The summed E-state index contributed by atoms with van der Waals surface area (Å²) in [7, 11) is 1.98. The van der Waals surface area contributed by atoms with Crippen LogP contribution >= 0.6 is 0 Å². The zero-order valence-corrected chi connectivity index (χ0v) is 19.4. The molecule has 0 aromatic carbocycles. The minimum Gasteiger partial charge on any atom is -0.379 e. The molecule has 0 spiro atoms. The van der Waals surface area contributed by atoms with Gasteiger partial charge in [0.1, 0.15) is 12.4 Å². The zero-order chi connectivity index (χ0) is 21.7. The molecule has 9 nitrogen and oxygen atoms in total. The second kappa shape index (κ2) is 13.6. The zero-order valence-electron chi connectivity index (χ0n) is 19.4. The van der Waals surface area contributed by atoms with Crippen LogP contribution in [0.4, 0.5) is 0 Å². The van der Waals surface area contributed by atoms with Gasteiger partial charge >= 0.3 is 0 Å². The Balaban J connectivity index is 1.39. The van der Waals surface area contributed by atoms with Crippen LogP contribution in [-0.2, 0) is 23.1 Å². The lowest BCUT2D eigenvalue weighted by molar-refractivity contribution is 0.0277. The second-order valence-electron chi connectivity index (χ2n) is 8.53. The number of rotatable bonds is 11. The predicted octanol–water partition coefficient (Wildman–Crippen LogP) is 1.62. The number of aromatic nitrogens is 3. The first-order valence-electron chi connectivity index (χ1n) is 12.0. The van der Waals surface area contributed by atoms with Crippen molar-refractivity contribution < 1.29 is 9.47 Å². The topological polar surface area (TPSA) is 88.8 Å². The van der Waals surface area contributed by atoms with Gasteiger partial charge in [-0.05, 0) is 39.2 Å². The summed E-state index contributed by atoms with van der Waals surface area (Å²) < 4.78 is 13.4. The maximum absolute atomic E-state index is 6.04. The number of hydrogen-bond donors (Lipinski definition) is 2. The summed E-state index contributed by atoms with van der Waals surface area (Å²) >= 11 is 0. The van der Waals surface area contributed by atoms with Crippen molar-refractivity contribution in [3.8, 4) is 0 Å². The number of ether oxygens (including phenoxy) is 2. The van der Waals surface area contributed by atoms with Crippen LogP contribution in [-0.4, -0.2) is 84.3 Å². The predicted molar refractivity (Wildman–Crippen MR) is 122 cm³/mol. The van der Waals surface area contributed by atoms with Gasteiger partial charge in [-0.2, -0.15) is 0 Å². The smallest absolute Gasteiger partial charge is 0.191 e. The van der Waals surface area contributed by atoms with Gasteiger partial charge in [-0.25, -0.2) is 4.99 Å². The highest BCUT2D eigenvalue weighted by Gasteiger charge is 2.13. The van der Waals surface area contributed by atoms with Crippen LogP contribution in [0.15, 0.2) is 4.99 Å². The highest BCUT2D eigenvalue weighted by atomic mass is 16.5. The molecular weight excluding hydrogens is 394 g/mol. The molecule has 2 heterocycles. The van der Waals surface area contributed by atoms with Gasteiger partial charge in [0, 0.05) is 39.8 Å². The van der Waals surface area contributed by atoms with Gasteiger partial charge in [0.05, 0.1) is 19.3 Å². The molecule has 3 rings (SSSR count). The van der Waals surface area contributed by atoms with E-state index >= 15 is 0 Å². The van der Waals surface area contributed by atoms with E-state index in [1.807, 2.05) is 18.5 Å². The van der Waals surface area contributed by atoms with Crippen molar-refractivity contribution in [3.63, 3.8) is 0 Å². The lowest BCUT2D eigenvalue weighted by Gasteiger charge is -2.26. The van der Waals surface area contributed by atoms with Gasteiger partial charge in [0.15, 0.2) is 11.8 Å². The second-order valence-corrected chi connectivity index (χ2v) is 8.53. The van der Waals surface area contributed by atoms with E-state index in [1.165, 1.54) is 32.1 Å². The van der Waals surface area contributed by atoms with Crippen LogP contribution in [0.5, 0.6) is 0 Å². The summed E-state index contributed by atoms with van der Waals surface area (Å²) in [6, 6.07) is 0. The summed E-state index contributed by atoms with van der Waals surface area (Å²) in [5.41, 5.74) is 0. The molecule has 1 aliphatic heterocycles. The van der Waals surface area contributed by atoms with Gasteiger partial charge in [-0.1, -0.05) is 19.3 Å². The molecule has 176 valence electrons. The highest BCUT2D eigenvalue weighted by Crippen LogP contribution is 2.20. The van der Waals surface area contributed by atoms with E-state index < -0.39 is 0 Å². The maximum Gasteiger partial charge on any atom is 0.191 e. The SMILES string of the molecule is Cc1nnc(CN=C(NCCCOC2CCCCC2)NCCCN2CCOCC2)n1C. The average Bonchev–Trinajstić information content (AvgIpc) is 3.13. The summed E-state index contributed by atoms with van der Waals surface area (Å²) in [5.74, 6) is 2.60. The molecule has 2 aliphatic rings. The van der Waals surface area contributed by atoms with Gasteiger partial charge < -0.3 is 24.7 Å². The quantitative estimate of drug-likeness (QED) is 0.310. The molecule has 2 fully saturated rings. The molecule has 1 aliphatic carbocycles. The van der Waals surface area contributed by atoms with Crippen LogP contribution in [0, 0.1) is 6.92 Å². The highest BCUT2D eigenvalue weighted by molar-refractivity contribution is 5.79. The van der Waals surface area contributed by atoms with E-state index in [2.05, 4.69) is 25.7 Å². The molecule has 1 aromatic rings. The minimum absolute atomic E-state index is 0.472. The Kier molecular flexibility index (Phi) is 10.5. The number of guanidine groups is 1. The summed E-state index contributed by atoms with van der Waals surface area (Å²) in [6.45, 7) is 9.86. The fourth-order valence-corrected chi connectivity index (χ4v) is 4.01. The van der Waals surface area contributed by atoms with Crippen LogP contribution in [0.1, 0.15) is 56.6 Å². The van der Waals surface area contributed by atoms with Gasteiger partial charge in [0.2, 0.25) is 0 Å². The van der Waals surface area contributed by atoms with E-state index in [0.29, 0.717) is 12.6 Å². The Labute approximate surface area is 187 Å². The number of morpholine rings is 1. The third-order valence-corrected chi connectivity index (χ3v) is 6.13. The van der Waals surface area contributed by atoms with E-state index in [9.17, 15) is 0 Å². The average molecular weight is 436 g/mol. The third kappa shape index (κ3) is 8.74. The third-order valence-electron chi connectivity index (χ3n) is 6.13. The standard InChI is InChI=1S/C22H41N7O2/c1-19-26-27-21(28(19)2)18-25-22(23-10-6-12-29-13-16-30-17-14-29)24-11-7-15-31-20-8-4-3-5-9-20/h20H,3-18H2,1-2H3,(H2,23,24,25). The summed E-state index contributed by atoms with van der Waals surface area (Å²) in [5, 5.41) is 15.3. The van der Waals surface area contributed by atoms with E-state index in [4.69, 9.17) is 14.5 Å². The maximum atomic E-state index is 6.04. The molecule has 0 radical (unpaired) electrons. The minimum atomic E-state index is 0.472. The fourth-order valence-electron chi connectivity index (χ4n) is 4.01. The van der Waals surface area contributed by atoms with Gasteiger partial charge in [-0.3, -0.25) is 4.90 Å². The van der Waals surface area contributed by atoms with Crippen molar-refractivity contribution in [1.29, 1.82) is 0 Å².